The van der Waals surface area contributed by atoms with Crippen LogP contribution in [-0.2, 0) is 10.3 Å². The topological polar surface area (TPSA) is 49.8 Å². The molecule has 1 amide bonds. The molecule has 0 spiro atoms. The zero-order chi connectivity index (χ0) is 25.8. The Balaban J connectivity index is 1.68. The first-order valence-electron chi connectivity index (χ1n) is 12.6. The molecule has 1 fully saturated rings. The number of cyclic esters (lactones) is 1. The van der Waals surface area contributed by atoms with Gasteiger partial charge in [0.15, 0.2) is 5.60 Å². The molecule has 1 N–H and O–H groups in total. The summed E-state index contributed by atoms with van der Waals surface area (Å²) in [5.74, 6) is 0.0220. The number of aliphatic hydroxyl groups excluding tert-OH is 1. The van der Waals surface area contributed by atoms with Crippen molar-refractivity contribution in [2.75, 3.05) is 0 Å². The predicted octanol–water partition coefficient (Wildman–Crippen LogP) is 7.26. The summed E-state index contributed by atoms with van der Waals surface area (Å²) in [7, 11) is 0. The Bertz CT molecular complexity index is 1260. The van der Waals surface area contributed by atoms with Crippen LogP contribution in [0.3, 0.4) is 0 Å². The second-order valence-corrected chi connectivity index (χ2v) is 10.8. The molecule has 1 heterocycles. The van der Waals surface area contributed by atoms with Crippen LogP contribution in [0.4, 0.5) is 4.79 Å². The van der Waals surface area contributed by atoms with Crippen molar-refractivity contribution in [2.45, 2.75) is 41.9 Å². The van der Waals surface area contributed by atoms with Crippen LogP contribution in [0, 0.1) is 5.92 Å². The minimum absolute atomic E-state index is 0.0220. The minimum Gasteiger partial charge on any atom is -0.431 e. The summed E-state index contributed by atoms with van der Waals surface area (Å²) in [4.78, 5) is 16.7. The molecule has 4 aromatic rings. The zero-order valence-corrected chi connectivity index (χ0v) is 21.8. The molecule has 188 valence electrons. The van der Waals surface area contributed by atoms with E-state index >= 15 is 0 Å². The second kappa shape index (κ2) is 10.8. The van der Waals surface area contributed by atoms with Crippen molar-refractivity contribution in [3.8, 4) is 0 Å². The number of aliphatic hydroxyl groups is 1. The van der Waals surface area contributed by atoms with Gasteiger partial charge < -0.3 is 9.84 Å². The van der Waals surface area contributed by atoms with E-state index in [4.69, 9.17) is 4.74 Å². The SMILES string of the molecule is CC(C)[C@@H]1N([C@@H](Sc2ccccc2)[C@H](O)c2ccccc2)C(=O)OC1(c1ccccc1)c1ccccc1. The van der Waals surface area contributed by atoms with Crippen molar-refractivity contribution < 1.29 is 14.6 Å². The van der Waals surface area contributed by atoms with Gasteiger partial charge in [-0.2, -0.15) is 0 Å². The minimum atomic E-state index is -1.03. The van der Waals surface area contributed by atoms with Crippen molar-refractivity contribution in [1.29, 1.82) is 0 Å². The molecule has 1 aliphatic heterocycles. The highest BCUT2D eigenvalue weighted by Gasteiger charge is 2.59. The Hall–Kier alpha value is -3.54. The number of amides is 1. The van der Waals surface area contributed by atoms with Gasteiger partial charge >= 0.3 is 6.09 Å². The first kappa shape index (κ1) is 25.1. The number of thioether (sulfide) groups is 1. The lowest BCUT2D eigenvalue weighted by molar-refractivity contribution is 0.0478. The normalized spacial score (nSPS) is 18.4. The molecule has 0 unspecified atom stereocenters. The molecule has 1 saturated heterocycles. The van der Waals surface area contributed by atoms with Crippen LogP contribution in [0.5, 0.6) is 0 Å². The monoisotopic (exact) mass is 509 g/mol. The second-order valence-electron chi connectivity index (χ2n) is 9.61. The van der Waals surface area contributed by atoms with Gasteiger partial charge in [-0.15, -0.1) is 0 Å². The number of ether oxygens (including phenoxy) is 1. The lowest BCUT2D eigenvalue weighted by atomic mass is 9.75. The molecular weight excluding hydrogens is 478 g/mol. The van der Waals surface area contributed by atoms with Gasteiger partial charge in [0.05, 0.1) is 6.04 Å². The fraction of sp³-hybridized carbons (Fsp3) is 0.219. The van der Waals surface area contributed by atoms with E-state index in [2.05, 4.69) is 13.8 Å². The maximum absolute atomic E-state index is 14.0. The highest BCUT2D eigenvalue weighted by Crippen LogP contribution is 2.51. The number of carbonyl (C=O) groups excluding carboxylic acids is 1. The number of rotatable bonds is 8. The first-order valence-corrected chi connectivity index (χ1v) is 13.5. The van der Waals surface area contributed by atoms with Crippen molar-refractivity contribution in [3.63, 3.8) is 0 Å². The number of hydrogen-bond donors (Lipinski definition) is 1. The summed E-state index contributed by atoms with van der Waals surface area (Å²) in [5, 5.41) is 11.1. The average molecular weight is 510 g/mol. The third-order valence-corrected chi connectivity index (χ3v) is 8.17. The lowest BCUT2D eigenvalue weighted by Gasteiger charge is -2.41. The molecule has 0 aromatic heterocycles. The molecule has 4 aromatic carbocycles. The molecule has 5 rings (SSSR count). The van der Waals surface area contributed by atoms with Gasteiger partial charge in [0, 0.05) is 16.0 Å². The Morgan fingerprint density at radius 1 is 0.757 bits per heavy atom. The summed E-state index contributed by atoms with van der Waals surface area (Å²) in [5.41, 5.74) is 1.55. The third-order valence-electron chi connectivity index (χ3n) is 6.90. The molecular formula is C32H31NO3S. The number of hydrogen-bond acceptors (Lipinski definition) is 4. The fourth-order valence-electron chi connectivity index (χ4n) is 5.34. The summed E-state index contributed by atoms with van der Waals surface area (Å²) < 4.78 is 6.47. The van der Waals surface area contributed by atoms with Crippen LogP contribution in [-0.4, -0.2) is 27.5 Å². The van der Waals surface area contributed by atoms with Crippen LogP contribution < -0.4 is 0 Å². The van der Waals surface area contributed by atoms with E-state index in [1.807, 2.05) is 121 Å². The number of benzene rings is 4. The van der Waals surface area contributed by atoms with Crippen LogP contribution in [0.2, 0.25) is 0 Å². The zero-order valence-electron chi connectivity index (χ0n) is 21.0. The van der Waals surface area contributed by atoms with E-state index in [-0.39, 0.29) is 12.0 Å². The summed E-state index contributed by atoms with van der Waals surface area (Å²) in [6, 6.07) is 39.0. The van der Waals surface area contributed by atoms with Gasteiger partial charge in [-0.25, -0.2) is 4.79 Å². The van der Waals surface area contributed by atoms with Gasteiger partial charge in [0.2, 0.25) is 0 Å². The largest absolute Gasteiger partial charge is 0.431 e. The lowest BCUT2D eigenvalue weighted by Crippen LogP contribution is -2.51. The number of carbonyl (C=O) groups is 1. The molecule has 1 aliphatic rings. The third kappa shape index (κ3) is 4.77. The molecule has 3 atom stereocenters. The highest BCUT2D eigenvalue weighted by atomic mass is 32.2. The smallest absolute Gasteiger partial charge is 0.412 e. The number of nitrogens with zero attached hydrogens (tertiary/aromatic N) is 1. The van der Waals surface area contributed by atoms with Crippen LogP contribution in [0.25, 0.3) is 0 Å². The summed E-state index contributed by atoms with van der Waals surface area (Å²) in [6.45, 7) is 4.22. The molecule has 0 aliphatic carbocycles. The van der Waals surface area contributed by atoms with E-state index in [1.54, 1.807) is 4.90 Å². The Kier molecular flexibility index (Phi) is 7.36. The Morgan fingerprint density at radius 3 is 1.70 bits per heavy atom. The first-order chi connectivity index (χ1) is 18.0. The van der Waals surface area contributed by atoms with E-state index in [0.717, 1.165) is 21.6 Å². The summed E-state index contributed by atoms with van der Waals surface area (Å²) >= 11 is 1.48. The molecule has 0 bridgehead atoms. The van der Waals surface area contributed by atoms with Gasteiger partial charge in [-0.3, -0.25) is 4.90 Å². The highest BCUT2D eigenvalue weighted by molar-refractivity contribution is 8.00. The fourth-order valence-corrected chi connectivity index (χ4v) is 6.55. The maximum atomic E-state index is 14.0. The molecule has 4 nitrogen and oxygen atoms in total. The summed E-state index contributed by atoms with van der Waals surface area (Å²) in [6.07, 6.45) is -1.36. The van der Waals surface area contributed by atoms with Gasteiger partial charge in [-0.1, -0.05) is 135 Å². The average Bonchev–Trinajstić information content (AvgIpc) is 3.27. The quantitative estimate of drug-likeness (QED) is 0.254. The van der Waals surface area contributed by atoms with E-state index in [0.29, 0.717) is 0 Å². The van der Waals surface area contributed by atoms with Crippen molar-refractivity contribution in [1.82, 2.24) is 4.90 Å². The standard InChI is InChI=1S/C32H31NO3S/c1-23(2)29-32(25-17-9-4-10-18-25,26-19-11-5-12-20-26)36-31(35)33(29)30(37-27-21-13-6-14-22-27)28(34)24-15-7-3-8-16-24/h3-23,28-30,34H,1-2H3/t28-,29+,30+/m1/s1. The van der Waals surface area contributed by atoms with Gasteiger partial charge in [-0.05, 0) is 23.6 Å². The molecule has 37 heavy (non-hydrogen) atoms. The van der Waals surface area contributed by atoms with Crippen molar-refractivity contribution in [2.24, 2.45) is 5.92 Å². The van der Waals surface area contributed by atoms with Gasteiger partial charge in [0.25, 0.3) is 0 Å². The van der Waals surface area contributed by atoms with Crippen molar-refractivity contribution in [3.05, 3.63) is 138 Å². The predicted molar refractivity (Wildman–Crippen MR) is 148 cm³/mol. The van der Waals surface area contributed by atoms with Crippen molar-refractivity contribution >= 4 is 17.9 Å². The molecule has 5 heteroatoms. The maximum Gasteiger partial charge on any atom is 0.412 e. The van der Waals surface area contributed by atoms with E-state index in [9.17, 15) is 9.90 Å². The molecule has 0 saturated carbocycles. The molecule has 0 radical (unpaired) electrons. The van der Waals surface area contributed by atoms with Crippen LogP contribution >= 0.6 is 11.8 Å². The van der Waals surface area contributed by atoms with Crippen LogP contribution in [0.1, 0.15) is 36.6 Å². The van der Waals surface area contributed by atoms with E-state index in [1.165, 1.54) is 11.8 Å². The van der Waals surface area contributed by atoms with Gasteiger partial charge in [0.1, 0.15) is 11.5 Å². The van der Waals surface area contributed by atoms with Crippen LogP contribution in [0.15, 0.2) is 126 Å². The Labute approximate surface area is 222 Å². The van der Waals surface area contributed by atoms with E-state index < -0.39 is 23.2 Å². The Morgan fingerprint density at radius 2 is 1.22 bits per heavy atom.